The van der Waals surface area contributed by atoms with Crippen LogP contribution in [0.1, 0.15) is 65.0 Å². The predicted molar refractivity (Wildman–Crippen MR) is 172 cm³/mol. The molecule has 0 aliphatic heterocycles. The minimum atomic E-state index is -0.435. The van der Waals surface area contributed by atoms with Crippen LogP contribution in [-0.4, -0.2) is 42.8 Å². The number of hydrogen-bond donors (Lipinski definition) is 1. The number of ether oxygens (including phenoxy) is 3. The van der Waals surface area contributed by atoms with Crippen molar-refractivity contribution in [2.45, 2.75) is 65.3 Å². The Morgan fingerprint density at radius 3 is 2.49 bits per heavy atom. The number of thiazole rings is 1. The Bertz CT molecular complexity index is 1650. The summed E-state index contributed by atoms with van der Waals surface area (Å²) >= 11 is 7.88. The molecule has 2 aromatic carbocycles. The Kier molecular flexibility index (Phi) is 9.62. The number of nitrogens with one attached hydrogen (secondary N) is 1. The Morgan fingerprint density at radius 1 is 1.05 bits per heavy atom. The van der Waals surface area contributed by atoms with E-state index < -0.39 is 5.97 Å². The van der Waals surface area contributed by atoms with Crippen molar-refractivity contribution in [2.24, 2.45) is 5.92 Å². The zero-order valence-corrected chi connectivity index (χ0v) is 26.9. The van der Waals surface area contributed by atoms with Gasteiger partial charge < -0.3 is 18.8 Å². The topological polar surface area (TPSA) is 91.7 Å². The van der Waals surface area contributed by atoms with Crippen LogP contribution in [0.25, 0.3) is 22.2 Å². The van der Waals surface area contributed by atoms with Crippen molar-refractivity contribution in [2.75, 3.05) is 26.6 Å². The van der Waals surface area contributed by atoms with Crippen LogP contribution >= 0.6 is 22.9 Å². The lowest BCUT2D eigenvalue weighted by Crippen LogP contribution is -2.20. The number of nitrogens with zero attached hydrogens (tertiary/aromatic N) is 2. The number of benzene rings is 2. The van der Waals surface area contributed by atoms with Gasteiger partial charge in [0.2, 0.25) is 0 Å². The van der Waals surface area contributed by atoms with Crippen molar-refractivity contribution in [3.05, 3.63) is 57.1 Å². The average Bonchev–Trinajstić information content (AvgIpc) is 3.59. The molecule has 1 N–H and O–H groups in total. The minimum Gasteiger partial charge on any atom is -0.496 e. The quantitative estimate of drug-likeness (QED) is 0.180. The first-order valence-electron chi connectivity index (χ1n) is 14.6. The molecule has 0 spiro atoms. The highest BCUT2D eigenvalue weighted by Crippen LogP contribution is 2.43. The molecule has 0 unspecified atom stereocenters. The van der Waals surface area contributed by atoms with E-state index in [2.05, 4.69) is 5.32 Å². The molecule has 1 aliphatic carbocycles. The summed E-state index contributed by atoms with van der Waals surface area (Å²) in [5.41, 5.74) is 4.81. The fourth-order valence-corrected chi connectivity index (χ4v) is 7.16. The molecule has 4 aromatic rings. The first-order valence-corrected chi connectivity index (χ1v) is 15.8. The number of hydrogen-bond acceptors (Lipinski definition) is 7. The van der Waals surface area contributed by atoms with Gasteiger partial charge >= 0.3 is 5.97 Å². The van der Waals surface area contributed by atoms with Gasteiger partial charge in [-0.15, -0.1) is 11.3 Å². The molecule has 228 valence electrons. The summed E-state index contributed by atoms with van der Waals surface area (Å²) < 4.78 is 17.8. The summed E-state index contributed by atoms with van der Waals surface area (Å²) in [6, 6.07) is 9.33. The molecule has 1 amide bonds. The zero-order valence-electron chi connectivity index (χ0n) is 25.3. The second-order valence-electron chi connectivity index (χ2n) is 11.1. The van der Waals surface area contributed by atoms with Crippen molar-refractivity contribution in [3.63, 3.8) is 0 Å². The van der Waals surface area contributed by atoms with Gasteiger partial charge in [-0.05, 0) is 61.9 Å². The summed E-state index contributed by atoms with van der Waals surface area (Å²) in [5, 5.41) is 4.86. The molecular formula is C33H38ClN3O5S. The summed E-state index contributed by atoms with van der Waals surface area (Å²) in [4.78, 5) is 32.1. The van der Waals surface area contributed by atoms with Gasteiger partial charge in [0.1, 0.15) is 23.7 Å². The van der Waals surface area contributed by atoms with Crippen LogP contribution in [0.5, 0.6) is 11.5 Å². The lowest BCUT2D eigenvalue weighted by Gasteiger charge is -2.21. The third-order valence-corrected chi connectivity index (χ3v) is 9.85. The third kappa shape index (κ3) is 6.53. The molecule has 1 saturated carbocycles. The van der Waals surface area contributed by atoms with Crippen LogP contribution < -0.4 is 14.8 Å². The van der Waals surface area contributed by atoms with Crippen molar-refractivity contribution in [3.8, 4) is 22.8 Å². The van der Waals surface area contributed by atoms with Gasteiger partial charge in [-0.1, -0.05) is 49.8 Å². The van der Waals surface area contributed by atoms with E-state index in [9.17, 15) is 9.59 Å². The molecule has 0 saturated heterocycles. The van der Waals surface area contributed by atoms with Gasteiger partial charge in [-0.3, -0.25) is 14.9 Å². The molecule has 10 heteroatoms. The standard InChI is InChI=1S/C33H38ClN3O5S/c1-19-11-13-25-22(20(19)2)15-26(37(25)18-30(38)42-5)32(39)36-33-35-31(23-16-28(41-4)24(34)17-27(23)40-3)29(43-33)14-12-21-9-7-6-8-10-21/h11,13,15-17,21H,6-10,12,14,18H2,1-5H3,(H,35,36,39). The van der Waals surface area contributed by atoms with E-state index in [0.717, 1.165) is 51.0 Å². The average molecular weight is 624 g/mol. The van der Waals surface area contributed by atoms with Crippen LogP contribution in [0.3, 0.4) is 0 Å². The van der Waals surface area contributed by atoms with Crippen molar-refractivity contribution >= 4 is 50.8 Å². The number of fused-ring (bicyclic) bond motifs is 1. The Balaban J connectivity index is 1.53. The van der Waals surface area contributed by atoms with Crippen molar-refractivity contribution in [1.82, 2.24) is 9.55 Å². The molecule has 1 aliphatic rings. The monoisotopic (exact) mass is 623 g/mol. The SMILES string of the molecule is COC(=O)Cn1c(C(=O)Nc2nc(-c3cc(OC)c(Cl)cc3OC)c(CCC3CCCCC3)s2)cc2c(C)c(C)ccc21. The summed E-state index contributed by atoms with van der Waals surface area (Å²) in [5.74, 6) is 1.00. The Labute approximate surface area is 261 Å². The van der Waals surface area contributed by atoms with E-state index in [0.29, 0.717) is 33.3 Å². The molecule has 43 heavy (non-hydrogen) atoms. The van der Waals surface area contributed by atoms with Crippen LogP contribution in [0, 0.1) is 19.8 Å². The maximum Gasteiger partial charge on any atom is 0.325 e. The molecule has 2 aromatic heterocycles. The largest absolute Gasteiger partial charge is 0.496 e. The molecule has 0 radical (unpaired) electrons. The lowest BCUT2D eigenvalue weighted by atomic mass is 9.86. The maximum absolute atomic E-state index is 13.8. The van der Waals surface area contributed by atoms with Crippen molar-refractivity contribution < 1.29 is 23.8 Å². The molecule has 2 heterocycles. The van der Waals surface area contributed by atoms with Crippen molar-refractivity contribution in [1.29, 1.82) is 0 Å². The Hall–Kier alpha value is -3.56. The summed E-state index contributed by atoms with van der Waals surface area (Å²) in [6.45, 7) is 3.96. The van der Waals surface area contributed by atoms with Crippen LogP contribution in [-0.2, 0) is 22.5 Å². The normalized spacial score (nSPS) is 13.7. The van der Waals surface area contributed by atoms with E-state index in [-0.39, 0.29) is 12.5 Å². The molecule has 1 fully saturated rings. The summed E-state index contributed by atoms with van der Waals surface area (Å²) in [7, 11) is 4.52. The maximum atomic E-state index is 13.8. The van der Waals surface area contributed by atoms with E-state index in [4.69, 9.17) is 30.8 Å². The molecular weight excluding hydrogens is 586 g/mol. The second kappa shape index (κ2) is 13.4. The molecule has 5 rings (SSSR count). The first-order chi connectivity index (χ1) is 20.7. The number of anilines is 1. The van der Waals surface area contributed by atoms with Gasteiger partial charge in [0.05, 0.1) is 32.0 Å². The van der Waals surface area contributed by atoms with E-state index in [1.54, 1.807) is 24.9 Å². The van der Waals surface area contributed by atoms with Gasteiger partial charge in [0.15, 0.2) is 5.13 Å². The fourth-order valence-electron chi connectivity index (χ4n) is 5.94. The number of rotatable bonds is 10. The lowest BCUT2D eigenvalue weighted by molar-refractivity contribution is -0.141. The van der Waals surface area contributed by atoms with E-state index in [1.807, 2.05) is 38.1 Å². The van der Waals surface area contributed by atoms with E-state index in [1.165, 1.54) is 50.6 Å². The highest BCUT2D eigenvalue weighted by Gasteiger charge is 2.24. The number of amides is 1. The molecule has 8 nitrogen and oxygen atoms in total. The third-order valence-electron chi connectivity index (χ3n) is 8.52. The first kappa shape index (κ1) is 30.9. The van der Waals surface area contributed by atoms with Gasteiger partial charge in [-0.25, -0.2) is 4.98 Å². The highest BCUT2D eigenvalue weighted by molar-refractivity contribution is 7.16. The minimum absolute atomic E-state index is 0.0806. The Morgan fingerprint density at radius 2 is 1.79 bits per heavy atom. The number of carbonyl (C=O) groups is 2. The van der Waals surface area contributed by atoms with E-state index >= 15 is 0 Å². The van der Waals surface area contributed by atoms with Gasteiger partial charge in [0, 0.05) is 27.4 Å². The second-order valence-corrected chi connectivity index (χ2v) is 12.6. The van der Waals surface area contributed by atoms with Crippen LogP contribution in [0.15, 0.2) is 30.3 Å². The van der Waals surface area contributed by atoms with Crippen LogP contribution in [0.4, 0.5) is 5.13 Å². The number of aromatic nitrogens is 2. The number of aryl methyl sites for hydroxylation is 3. The van der Waals surface area contributed by atoms with Gasteiger partial charge in [0.25, 0.3) is 5.91 Å². The number of esters is 1. The van der Waals surface area contributed by atoms with Gasteiger partial charge in [-0.2, -0.15) is 0 Å². The predicted octanol–water partition coefficient (Wildman–Crippen LogP) is 7.99. The fraction of sp³-hybridized carbons (Fsp3) is 0.424. The molecule has 0 bridgehead atoms. The molecule has 0 atom stereocenters. The number of carbonyl (C=O) groups excluding carboxylic acids is 2. The van der Waals surface area contributed by atoms with Crippen LogP contribution in [0.2, 0.25) is 5.02 Å². The number of methoxy groups -OCH3 is 3. The zero-order chi connectivity index (χ0) is 30.7. The smallest absolute Gasteiger partial charge is 0.325 e. The number of halogens is 1. The highest BCUT2D eigenvalue weighted by atomic mass is 35.5. The summed E-state index contributed by atoms with van der Waals surface area (Å²) in [6.07, 6.45) is 8.26.